The number of hydrogen-bond acceptors (Lipinski definition) is 7. The zero-order valence-corrected chi connectivity index (χ0v) is 17.9. The first-order valence-corrected chi connectivity index (χ1v) is 10.5. The minimum atomic E-state index is -1.49. The summed E-state index contributed by atoms with van der Waals surface area (Å²) in [4.78, 5) is 28.6. The second kappa shape index (κ2) is 10.7. The van der Waals surface area contributed by atoms with E-state index < -0.39 is 26.1 Å². The van der Waals surface area contributed by atoms with Crippen LogP contribution in [0.3, 0.4) is 0 Å². The Morgan fingerprint density at radius 2 is 2.16 bits per heavy atom. The summed E-state index contributed by atoms with van der Waals surface area (Å²) in [5, 5.41) is 0. The van der Waals surface area contributed by atoms with Crippen LogP contribution in [0.25, 0.3) is 0 Å². The van der Waals surface area contributed by atoms with Gasteiger partial charge in [-0.25, -0.2) is 4.79 Å². The first-order chi connectivity index (χ1) is 14.9. The molecular formula is C20H22FN2O7P. The molecule has 0 saturated carbocycles. The van der Waals surface area contributed by atoms with Crippen molar-refractivity contribution in [2.45, 2.75) is 38.7 Å². The molecule has 2 aromatic rings. The van der Waals surface area contributed by atoms with Crippen LogP contribution in [0.1, 0.15) is 35.8 Å². The number of aryl methyl sites for hydroxylation is 1. The number of rotatable bonds is 4. The van der Waals surface area contributed by atoms with Crippen LogP contribution in [-0.2, 0) is 25.3 Å². The number of terminal acetylenes is 1. The van der Waals surface area contributed by atoms with Gasteiger partial charge < -0.3 is 9.26 Å². The molecule has 166 valence electrons. The van der Waals surface area contributed by atoms with Crippen LogP contribution in [0.4, 0.5) is 4.53 Å². The standard InChI is InChI=1S/C19H19N2O6P.CH3FO/c1-3-13-9-21(19(23)20-18(13)22)17-7-5-15(26-17)11-25-28-24-10-14-8-12(2)4-6-16(14)27-28;1-3-2/h1,4,6,8-9,15,17H,5,7,10-11H2,2H3,(H,20,22,23);1H3. The maximum atomic E-state index is 12.0. The van der Waals surface area contributed by atoms with E-state index in [2.05, 4.69) is 15.8 Å². The second-order valence-corrected chi connectivity index (χ2v) is 7.94. The normalized spacial score (nSPS) is 21.9. The highest BCUT2D eigenvalue weighted by atomic mass is 31.2. The Morgan fingerprint density at radius 3 is 2.90 bits per heavy atom. The van der Waals surface area contributed by atoms with Gasteiger partial charge >= 0.3 is 14.3 Å². The summed E-state index contributed by atoms with van der Waals surface area (Å²) in [6, 6.07) is 5.92. The molecule has 1 N–H and O–H groups in total. The fourth-order valence-corrected chi connectivity index (χ4v) is 4.21. The van der Waals surface area contributed by atoms with E-state index in [0.717, 1.165) is 24.0 Å². The van der Waals surface area contributed by atoms with Gasteiger partial charge in [0.1, 0.15) is 17.5 Å². The van der Waals surface area contributed by atoms with E-state index in [4.69, 9.17) is 24.7 Å². The molecule has 0 aliphatic carbocycles. The molecular weight excluding hydrogens is 430 g/mol. The van der Waals surface area contributed by atoms with Crippen molar-refractivity contribution in [2.75, 3.05) is 13.7 Å². The average molecular weight is 452 g/mol. The van der Waals surface area contributed by atoms with Crippen molar-refractivity contribution in [2.24, 2.45) is 0 Å². The second-order valence-electron chi connectivity index (χ2n) is 6.79. The number of benzene rings is 1. The van der Waals surface area contributed by atoms with Crippen molar-refractivity contribution in [1.29, 1.82) is 0 Å². The summed E-state index contributed by atoms with van der Waals surface area (Å²) >= 11 is 0. The molecule has 0 spiro atoms. The molecule has 0 amide bonds. The van der Waals surface area contributed by atoms with E-state index in [-0.39, 0.29) is 18.3 Å². The lowest BCUT2D eigenvalue weighted by atomic mass is 10.1. The smallest absolute Gasteiger partial charge is 0.397 e. The highest BCUT2D eigenvalue weighted by Crippen LogP contribution is 2.47. The van der Waals surface area contributed by atoms with Gasteiger partial charge in [-0.3, -0.25) is 23.4 Å². The summed E-state index contributed by atoms with van der Waals surface area (Å²) in [6.45, 7) is 2.74. The van der Waals surface area contributed by atoms with Gasteiger partial charge in [-0.1, -0.05) is 23.6 Å². The Bertz CT molecular complexity index is 1060. The van der Waals surface area contributed by atoms with Crippen molar-refractivity contribution in [3.63, 3.8) is 0 Å². The molecule has 0 radical (unpaired) electrons. The third-order valence-corrected chi connectivity index (χ3v) is 5.64. The van der Waals surface area contributed by atoms with Crippen molar-refractivity contribution in [1.82, 2.24) is 9.55 Å². The van der Waals surface area contributed by atoms with E-state index >= 15 is 0 Å². The molecule has 1 saturated heterocycles. The molecule has 1 aromatic heterocycles. The lowest BCUT2D eigenvalue weighted by Gasteiger charge is -2.25. The fraction of sp³-hybridized carbons (Fsp3) is 0.400. The minimum Gasteiger partial charge on any atom is -0.426 e. The number of nitrogens with one attached hydrogen (secondary N) is 1. The van der Waals surface area contributed by atoms with Crippen molar-refractivity contribution < 1.29 is 27.8 Å². The van der Waals surface area contributed by atoms with Gasteiger partial charge in [-0.2, -0.15) is 4.94 Å². The molecule has 1 fully saturated rings. The average Bonchev–Trinajstić information content (AvgIpc) is 3.21. The van der Waals surface area contributed by atoms with E-state index in [0.29, 0.717) is 19.4 Å². The molecule has 2 aliphatic heterocycles. The number of aromatic nitrogens is 2. The number of hydrogen-bond donors (Lipinski definition) is 1. The number of fused-ring (bicyclic) bond motifs is 1. The highest BCUT2D eigenvalue weighted by molar-refractivity contribution is 7.42. The van der Waals surface area contributed by atoms with Crippen molar-refractivity contribution in [3.8, 4) is 18.1 Å². The van der Waals surface area contributed by atoms with Gasteiger partial charge in [-0.05, 0) is 30.4 Å². The van der Waals surface area contributed by atoms with E-state index in [1.165, 1.54) is 10.8 Å². The molecule has 11 heteroatoms. The van der Waals surface area contributed by atoms with Gasteiger partial charge in [0.15, 0.2) is 0 Å². The zero-order chi connectivity index (χ0) is 22.4. The molecule has 3 atom stereocenters. The van der Waals surface area contributed by atoms with Crippen LogP contribution in [0.5, 0.6) is 5.75 Å². The summed E-state index contributed by atoms with van der Waals surface area (Å²) in [5.74, 6) is 3.04. The summed E-state index contributed by atoms with van der Waals surface area (Å²) in [5.41, 5.74) is 1.11. The van der Waals surface area contributed by atoms with E-state index in [1.54, 1.807) is 0 Å². The van der Waals surface area contributed by atoms with Crippen LogP contribution >= 0.6 is 8.60 Å². The molecule has 31 heavy (non-hydrogen) atoms. The third-order valence-electron chi connectivity index (χ3n) is 4.60. The van der Waals surface area contributed by atoms with Gasteiger partial charge in [0.05, 0.1) is 26.4 Å². The molecule has 3 heterocycles. The number of halogens is 1. The minimum absolute atomic E-state index is 0.0873. The molecule has 1 aromatic carbocycles. The lowest BCUT2D eigenvalue weighted by molar-refractivity contribution is -0.0960. The Hall–Kier alpha value is -2.54. The van der Waals surface area contributed by atoms with Gasteiger partial charge in [-0.15, -0.1) is 6.42 Å². The van der Waals surface area contributed by atoms with Crippen LogP contribution in [0.15, 0.2) is 34.0 Å². The van der Waals surface area contributed by atoms with Crippen molar-refractivity contribution >= 4 is 8.60 Å². The molecule has 4 rings (SSSR count). The van der Waals surface area contributed by atoms with Crippen LogP contribution in [-0.4, -0.2) is 29.4 Å². The van der Waals surface area contributed by atoms with Crippen LogP contribution in [0.2, 0.25) is 0 Å². The first-order valence-electron chi connectivity index (χ1n) is 9.41. The summed E-state index contributed by atoms with van der Waals surface area (Å²) in [6.07, 6.45) is 7.23. The van der Waals surface area contributed by atoms with Crippen molar-refractivity contribution in [3.05, 3.63) is 61.9 Å². The van der Waals surface area contributed by atoms with Crippen LogP contribution in [0, 0.1) is 19.3 Å². The van der Waals surface area contributed by atoms with Gasteiger partial charge in [0.25, 0.3) is 5.56 Å². The molecule has 0 bridgehead atoms. The molecule has 9 nitrogen and oxygen atoms in total. The molecule has 2 aliphatic rings. The number of ether oxygens (including phenoxy) is 1. The highest BCUT2D eigenvalue weighted by Gasteiger charge is 2.30. The van der Waals surface area contributed by atoms with E-state index in [9.17, 15) is 14.1 Å². The van der Waals surface area contributed by atoms with E-state index in [1.807, 2.05) is 25.1 Å². The maximum Gasteiger partial charge on any atom is 0.397 e. The Kier molecular flexibility index (Phi) is 7.96. The third kappa shape index (κ3) is 5.79. The largest absolute Gasteiger partial charge is 0.426 e. The summed E-state index contributed by atoms with van der Waals surface area (Å²) in [7, 11) is -0.535. The summed E-state index contributed by atoms with van der Waals surface area (Å²) < 4.78 is 34.2. The van der Waals surface area contributed by atoms with Gasteiger partial charge in [0, 0.05) is 11.8 Å². The maximum absolute atomic E-state index is 12.0. The monoisotopic (exact) mass is 452 g/mol. The number of nitrogens with zero attached hydrogens (tertiary/aromatic N) is 1. The topological polar surface area (TPSA) is 101 Å². The predicted molar refractivity (Wildman–Crippen MR) is 110 cm³/mol. The Balaban J connectivity index is 0.000000858. The Morgan fingerprint density at radius 1 is 1.39 bits per heavy atom. The van der Waals surface area contributed by atoms with Gasteiger partial charge in [0.2, 0.25) is 0 Å². The number of aromatic amines is 1. The lowest BCUT2D eigenvalue weighted by Crippen LogP contribution is -2.33. The SMILES string of the molecule is C#Cc1cn(C2CCC(COP3OCc4cc(C)ccc4O3)O2)c(=O)[nH]c1=O.COF. The molecule has 3 unspecified atom stereocenters. The zero-order valence-electron chi connectivity index (χ0n) is 17.0. The first kappa shape index (κ1) is 23.1. The fourth-order valence-electron chi connectivity index (χ4n) is 3.16. The Labute approximate surface area is 178 Å². The van der Waals surface area contributed by atoms with Crippen LogP contribution < -0.4 is 15.8 Å². The predicted octanol–water partition coefficient (Wildman–Crippen LogP) is 2.87. The quantitative estimate of drug-likeness (QED) is 0.562. The number of H-pyrrole nitrogens is 1.